The van der Waals surface area contributed by atoms with E-state index in [1.807, 2.05) is 96.5 Å². The number of rotatable bonds is 6. The normalized spacial score (nSPS) is 11.6. The van der Waals surface area contributed by atoms with Gasteiger partial charge in [-0.25, -0.2) is 19.9 Å². The molecule has 0 aliphatic carbocycles. The zero-order chi connectivity index (χ0) is 37.0. The molecule has 4 heterocycles. The van der Waals surface area contributed by atoms with Gasteiger partial charge in [-0.15, -0.1) is 11.3 Å². The van der Waals surface area contributed by atoms with Crippen molar-refractivity contribution in [3.8, 4) is 67.5 Å². The average molecular weight is 735 g/mol. The van der Waals surface area contributed by atoms with E-state index in [-0.39, 0.29) is 0 Å². The molecule has 0 unspecified atom stereocenters. The smallest absolute Gasteiger partial charge is 0.160 e. The van der Waals surface area contributed by atoms with Crippen LogP contribution in [0.3, 0.4) is 0 Å². The third-order valence-corrected chi connectivity index (χ3v) is 11.6. The van der Waals surface area contributed by atoms with Gasteiger partial charge in [-0.1, -0.05) is 140 Å². The van der Waals surface area contributed by atoms with Crippen LogP contribution in [0.5, 0.6) is 0 Å². The van der Waals surface area contributed by atoms with Crippen LogP contribution in [0, 0.1) is 0 Å². The molecule has 56 heavy (non-hydrogen) atoms. The fraction of sp³-hybridized carbons (Fsp3) is 0. The van der Waals surface area contributed by atoms with Gasteiger partial charge in [-0.2, -0.15) is 0 Å². The van der Waals surface area contributed by atoms with E-state index in [4.69, 9.17) is 14.4 Å². The van der Waals surface area contributed by atoms with Crippen molar-refractivity contribution in [3.63, 3.8) is 0 Å². The lowest BCUT2D eigenvalue weighted by Crippen LogP contribution is -1.97. The molecular weight excluding hydrogens is 705 g/mol. The number of benzene rings is 7. The summed E-state index contributed by atoms with van der Waals surface area (Å²) in [6.45, 7) is 0. The quantitative estimate of drug-likeness (QED) is 0.170. The van der Waals surface area contributed by atoms with Crippen molar-refractivity contribution in [2.24, 2.45) is 0 Å². The zero-order valence-corrected chi connectivity index (χ0v) is 30.7. The van der Waals surface area contributed by atoms with Crippen LogP contribution in [0.1, 0.15) is 0 Å². The van der Waals surface area contributed by atoms with Crippen LogP contribution in [0.25, 0.3) is 110 Å². The monoisotopic (exact) mass is 734 g/mol. The molecule has 5 nitrogen and oxygen atoms in total. The van der Waals surface area contributed by atoms with E-state index in [1.165, 1.54) is 25.7 Å². The Labute approximate surface area is 326 Å². The highest BCUT2D eigenvalue weighted by Crippen LogP contribution is 2.46. The second-order valence-electron chi connectivity index (χ2n) is 13.8. The van der Waals surface area contributed by atoms with Crippen LogP contribution >= 0.6 is 11.3 Å². The van der Waals surface area contributed by atoms with Crippen molar-refractivity contribution < 1.29 is 4.42 Å². The van der Waals surface area contributed by atoms with Gasteiger partial charge in [0.25, 0.3) is 0 Å². The molecule has 0 radical (unpaired) electrons. The summed E-state index contributed by atoms with van der Waals surface area (Å²) in [4.78, 5) is 19.7. The van der Waals surface area contributed by atoms with Gasteiger partial charge < -0.3 is 4.42 Å². The van der Waals surface area contributed by atoms with E-state index in [0.717, 1.165) is 72.3 Å². The molecule has 11 rings (SSSR count). The summed E-state index contributed by atoms with van der Waals surface area (Å²) in [5.41, 5.74) is 11.4. The summed E-state index contributed by atoms with van der Waals surface area (Å²) in [6.07, 6.45) is 3.74. The van der Waals surface area contributed by atoms with Gasteiger partial charge in [0.05, 0.1) is 11.4 Å². The number of hydrogen-bond donors (Lipinski definition) is 0. The lowest BCUT2D eigenvalue weighted by Gasteiger charge is -2.12. The third-order valence-electron chi connectivity index (χ3n) is 10.5. The molecule has 0 atom stereocenters. The molecule has 0 saturated carbocycles. The Bertz CT molecular complexity index is 3230. The Morgan fingerprint density at radius 1 is 0.393 bits per heavy atom. The number of furan rings is 1. The molecule has 11 aromatic rings. The highest BCUT2D eigenvalue weighted by atomic mass is 32.1. The predicted molar refractivity (Wildman–Crippen MR) is 230 cm³/mol. The SMILES string of the molecule is c1ccc(-c2cnc(-c3ccc(-c4nc(-c5ccccc5)cc(-c5ccc(-c6cccc7sc8ccccc8c67)c6c5oc5ccccc56)n4)cc3)nc2)cc1. The van der Waals surface area contributed by atoms with E-state index in [2.05, 4.69) is 107 Å². The summed E-state index contributed by atoms with van der Waals surface area (Å²) >= 11 is 1.83. The molecule has 0 aliphatic rings. The van der Waals surface area contributed by atoms with Gasteiger partial charge in [0.1, 0.15) is 11.2 Å². The topological polar surface area (TPSA) is 64.7 Å². The number of thiophene rings is 1. The predicted octanol–water partition coefficient (Wildman–Crippen LogP) is 13.5. The first-order chi connectivity index (χ1) is 27.7. The molecule has 0 fully saturated rings. The largest absolute Gasteiger partial charge is 0.455 e. The fourth-order valence-corrected chi connectivity index (χ4v) is 8.88. The molecule has 0 bridgehead atoms. The molecule has 7 aromatic carbocycles. The third kappa shape index (κ3) is 5.46. The minimum absolute atomic E-state index is 0.621. The molecule has 0 spiro atoms. The van der Waals surface area contributed by atoms with Crippen LogP contribution in [-0.4, -0.2) is 19.9 Å². The van der Waals surface area contributed by atoms with E-state index in [9.17, 15) is 0 Å². The molecule has 4 aromatic heterocycles. The van der Waals surface area contributed by atoms with Gasteiger partial charge in [-0.3, -0.25) is 0 Å². The Balaban J connectivity index is 1.06. The van der Waals surface area contributed by atoms with Crippen LogP contribution < -0.4 is 0 Å². The molecule has 0 aliphatic heterocycles. The molecule has 0 N–H and O–H groups in total. The van der Waals surface area contributed by atoms with Crippen molar-refractivity contribution >= 4 is 53.4 Å². The summed E-state index contributed by atoms with van der Waals surface area (Å²) in [5.74, 6) is 1.28. The zero-order valence-electron chi connectivity index (χ0n) is 29.9. The first-order valence-corrected chi connectivity index (χ1v) is 19.3. The van der Waals surface area contributed by atoms with Gasteiger partial charge in [0.2, 0.25) is 0 Å². The Morgan fingerprint density at radius 2 is 1.00 bits per heavy atom. The average Bonchev–Trinajstić information content (AvgIpc) is 3.86. The molecule has 0 amide bonds. The van der Waals surface area contributed by atoms with Gasteiger partial charge in [0.15, 0.2) is 11.6 Å². The van der Waals surface area contributed by atoms with Crippen LogP contribution in [0.15, 0.2) is 187 Å². The second-order valence-corrected chi connectivity index (χ2v) is 14.9. The highest BCUT2D eigenvalue weighted by Gasteiger charge is 2.21. The van der Waals surface area contributed by atoms with Crippen molar-refractivity contribution in [3.05, 3.63) is 182 Å². The Kier molecular flexibility index (Phi) is 7.60. The van der Waals surface area contributed by atoms with E-state index in [1.54, 1.807) is 0 Å². The summed E-state index contributed by atoms with van der Waals surface area (Å²) in [6, 6.07) is 58.7. The number of para-hydroxylation sites is 1. The van der Waals surface area contributed by atoms with Crippen LogP contribution in [0.2, 0.25) is 0 Å². The maximum absolute atomic E-state index is 6.80. The van der Waals surface area contributed by atoms with Crippen molar-refractivity contribution in [1.82, 2.24) is 19.9 Å². The van der Waals surface area contributed by atoms with E-state index in [0.29, 0.717) is 11.6 Å². The summed E-state index contributed by atoms with van der Waals surface area (Å²) in [7, 11) is 0. The summed E-state index contributed by atoms with van der Waals surface area (Å²) < 4.78 is 9.35. The molecule has 6 heteroatoms. The number of aromatic nitrogens is 4. The van der Waals surface area contributed by atoms with Crippen molar-refractivity contribution in [1.29, 1.82) is 0 Å². The minimum atomic E-state index is 0.621. The van der Waals surface area contributed by atoms with Gasteiger partial charge >= 0.3 is 0 Å². The maximum Gasteiger partial charge on any atom is 0.160 e. The van der Waals surface area contributed by atoms with E-state index >= 15 is 0 Å². The highest BCUT2D eigenvalue weighted by molar-refractivity contribution is 7.25. The van der Waals surface area contributed by atoms with Gasteiger partial charge in [-0.05, 0) is 47.0 Å². The van der Waals surface area contributed by atoms with Crippen molar-refractivity contribution in [2.75, 3.05) is 0 Å². The van der Waals surface area contributed by atoms with E-state index < -0.39 is 0 Å². The Hall–Kier alpha value is -7.28. The first-order valence-electron chi connectivity index (χ1n) is 18.5. The standard InChI is InChI=1S/C50H30N4OS/c1-3-12-31(13-4-1)35-29-51-49(52-30-35)33-22-24-34(25-23-33)50-53-41(32-14-5-2-6-15-32)28-42(54-50)38-27-26-37(47-39-16-7-9-19-43(39)55-48(38)47)36-18-11-21-45-46(36)40-17-8-10-20-44(40)56-45/h1-30H. The van der Waals surface area contributed by atoms with Crippen molar-refractivity contribution in [2.45, 2.75) is 0 Å². The molecular formula is C50H30N4OS. The first kappa shape index (κ1) is 32.2. The maximum atomic E-state index is 6.80. The number of fused-ring (bicyclic) bond motifs is 6. The Morgan fingerprint density at radius 3 is 1.79 bits per heavy atom. The second kappa shape index (κ2) is 13.2. The molecule has 0 saturated heterocycles. The fourth-order valence-electron chi connectivity index (χ4n) is 7.75. The molecule has 262 valence electrons. The lowest BCUT2D eigenvalue weighted by atomic mass is 9.93. The van der Waals surface area contributed by atoms with Gasteiger partial charge in [0, 0.05) is 71.2 Å². The number of nitrogens with zero attached hydrogens (tertiary/aromatic N) is 4. The summed E-state index contributed by atoms with van der Waals surface area (Å²) in [5, 5.41) is 4.68. The van der Waals surface area contributed by atoms with Crippen LogP contribution in [0.4, 0.5) is 0 Å². The van der Waals surface area contributed by atoms with Crippen LogP contribution in [-0.2, 0) is 0 Å². The minimum Gasteiger partial charge on any atom is -0.455 e. The number of hydrogen-bond acceptors (Lipinski definition) is 6. The lowest BCUT2D eigenvalue weighted by molar-refractivity contribution is 0.670.